The van der Waals surface area contributed by atoms with Crippen LogP contribution in [-0.4, -0.2) is 69.4 Å². The fourth-order valence-corrected chi connectivity index (χ4v) is 6.45. The lowest BCUT2D eigenvalue weighted by Crippen LogP contribution is -2.63. The number of nitrogens with two attached hydrogens (primary N) is 1. The standard InChI is InChI=1S/C19H22N4O6S2/c1-7-13-12(8(2)24)16(25)23(13)14(17(26)27)15(7)31-19-22-11(6-30-19)9-3-4-21-10(9)5-29-18(20)28/h3,6-8,10,12-13,21,24H,4-5H2,1-2H3,(H2,20,28)(H,26,27). The highest BCUT2D eigenvalue weighted by atomic mass is 32.2. The van der Waals surface area contributed by atoms with Crippen molar-refractivity contribution in [2.45, 2.75) is 36.4 Å². The van der Waals surface area contributed by atoms with Gasteiger partial charge in [0.1, 0.15) is 12.3 Å². The molecule has 0 aromatic carbocycles. The molecule has 1 saturated heterocycles. The van der Waals surface area contributed by atoms with E-state index >= 15 is 0 Å². The first kappa shape index (κ1) is 21.8. The lowest BCUT2D eigenvalue weighted by Gasteiger charge is -2.46. The van der Waals surface area contributed by atoms with Crippen molar-refractivity contribution < 1.29 is 29.3 Å². The third kappa shape index (κ3) is 3.73. The number of β-lactam (4-membered cyclic amide) rings is 1. The maximum Gasteiger partial charge on any atom is 0.404 e. The minimum Gasteiger partial charge on any atom is -0.477 e. The quantitative estimate of drug-likeness (QED) is 0.428. The van der Waals surface area contributed by atoms with Crippen molar-refractivity contribution in [3.63, 3.8) is 0 Å². The van der Waals surface area contributed by atoms with Gasteiger partial charge in [-0.15, -0.1) is 11.3 Å². The van der Waals surface area contributed by atoms with Gasteiger partial charge in [-0.25, -0.2) is 14.6 Å². The zero-order valence-corrected chi connectivity index (χ0v) is 18.4. The van der Waals surface area contributed by atoms with Crippen LogP contribution in [0.4, 0.5) is 4.79 Å². The lowest BCUT2D eigenvalue weighted by atomic mass is 9.79. The highest BCUT2D eigenvalue weighted by Gasteiger charge is 2.60. The summed E-state index contributed by atoms with van der Waals surface area (Å²) in [7, 11) is 0. The van der Waals surface area contributed by atoms with Crippen LogP contribution in [-0.2, 0) is 14.3 Å². The maximum absolute atomic E-state index is 12.5. The molecule has 3 aliphatic heterocycles. The monoisotopic (exact) mass is 466 g/mol. The number of fused-ring (bicyclic) bond motifs is 1. The second-order valence-corrected chi connectivity index (χ2v) is 9.77. The molecule has 1 aromatic rings. The smallest absolute Gasteiger partial charge is 0.404 e. The summed E-state index contributed by atoms with van der Waals surface area (Å²) in [6.07, 6.45) is 0.264. The van der Waals surface area contributed by atoms with Gasteiger partial charge in [0.2, 0.25) is 5.91 Å². The molecule has 12 heteroatoms. The molecule has 1 fully saturated rings. The van der Waals surface area contributed by atoms with Crippen molar-refractivity contribution in [1.82, 2.24) is 15.2 Å². The van der Waals surface area contributed by atoms with Crippen molar-refractivity contribution >= 4 is 46.6 Å². The van der Waals surface area contributed by atoms with Crippen molar-refractivity contribution in [2.24, 2.45) is 17.6 Å². The van der Waals surface area contributed by atoms with Crippen LogP contribution in [0.5, 0.6) is 0 Å². The van der Waals surface area contributed by atoms with Gasteiger partial charge in [-0.1, -0.05) is 24.8 Å². The number of aliphatic carboxylic acids is 1. The Labute approximate surface area is 186 Å². The number of nitrogens with one attached hydrogen (secondary N) is 1. The number of carboxylic acids is 1. The summed E-state index contributed by atoms with van der Waals surface area (Å²) in [5.41, 5.74) is 6.60. The fourth-order valence-electron chi connectivity index (χ4n) is 4.35. The van der Waals surface area contributed by atoms with Crippen molar-refractivity contribution in [3.8, 4) is 0 Å². The molecule has 0 saturated carbocycles. The SMILES string of the molecule is CC(O)C1C(=O)N2C(C(=O)O)=C(Sc3nc(C4=CCNC4COC(N)=O)cs3)C(C)C12. The van der Waals surface area contributed by atoms with Crippen LogP contribution in [0, 0.1) is 11.8 Å². The second-order valence-electron chi connectivity index (χ2n) is 7.62. The van der Waals surface area contributed by atoms with Gasteiger partial charge in [0.25, 0.3) is 0 Å². The first-order valence-corrected chi connectivity index (χ1v) is 11.4. The van der Waals surface area contributed by atoms with E-state index in [1.807, 2.05) is 18.4 Å². The van der Waals surface area contributed by atoms with Gasteiger partial charge in [-0.05, 0) is 12.5 Å². The summed E-state index contributed by atoms with van der Waals surface area (Å²) in [5, 5.41) is 24.7. The molecule has 2 amide bonds. The number of carboxylic acid groups (broad SMARTS) is 1. The Balaban J connectivity index is 1.55. The molecule has 166 valence electrons. The van der Waals surface area contributed by atoms with E-state index in [0.29, 0.717) is 21.5 Å². The van der Waals surface area contributed by atoms with Crippen LogP contribution in [0.25, 0.3) is 5.57 Å². The summed E-state index contributed by atoms with van der Waals surface area (Å²) in [6.45, 7) is 4.11. The maximum atomic E-state index is 12.5. The number of hydrogen-bond donors (Lipinski definition) is 4. The van der Waals surface area contributed by atoms with Gasteiger partial charge in [0, 0.05) is 22.7 Å². The molecule has 5 atom stereocenters. The normalized spacial score (nSPS) is 28.3. The number of ether oxygens (including phenoxy) is 1. The van der Waals surface area contributed by atoms with Crippen molar-refractivity contribution in [3.05, 3.63) is 27.8 Å². The lowest BCUT2D eigenvalue weighted by molar-refractivity contribution is -0.163. The van der Waals surface area contributed by atoms with E-state index in [9.17, 15) is 24.6 Å². The van der Waals surface area contributed by atoms with Crippen LogP contribution in [0.1, 0.15) is 19.5 Å². The minimum absolute atomic E-state index is 0.0318. The van der Waals surface area contributed by atoms with Gasteiger partial charge < -0.3 is 30.9 Å². The number of amides is 2. The first-order valence-electron chi connectivity index (χ1n) is 9.68. The summed E-state index contributed by atoms with van der Waals surface area (Å²) < 4.78 is 5.53. The van der Waals surface area contributed by atoms with E-state index in [1.54, 1.807) is 6.92 Å². The van der Waals surface area contributed by atoms with E-state index in [2.05, 4.69) is 10.3 Å². The average molecular weight is 467 g/mol. The van der Waals surface area contributed by atoms with Crippen LogP contribution < -0.4 is 11.1 Å². The number of carbonyl (C=O) groups is 3. The fraction of sp³-hybridized carbons (Fsp3) is 0.474. The van der Waals surface area contributed by atoms with Gasteiger partial charge in [0.15, 0.2) is 4.34 Å². The van der Waals surface area contributed by atoms with E-state index in [-0.39, 0.29) is 36.2 Å². The molecule has 31 heavy (non-hydrogen) atoms. The number of aliphatic hydroxyl groups excluding tert-OH is 1. The Bertz CT molecular complexity index is 1000. The molecular formula is C19H22N4O6S2. The molecule has 5 unspecified atom stereocenters. The Hall–Kier alpha value is -2.41. The van der Waals surface area contributed by atoms with Crippen LogP contribution >= 0.6 is 23.1 Å². The molecular weight excluding hydrogens is 444 g/mol. The van der Waals surface area contributed by atoms with Gasteiger partial charge >= 0.3 is 12.1 Å². The average Bonchev–Trinajstić information content (AvgIpc) is 3.38. The third-order valence-corrected chi connectivity index (χ3v) is 7.96. The first-order chi connectivity index (χ1) is 14.7. The highest BCUT2D eigenvalue weighted by molar-refractivity contribution is 8.04. The molecule has 10 nitrogen and oxygen atoms in total. The molecule has 4 heterocycles. The van der Waals surface area contributed by atoms with E-state index < -0.39 is 24.1 Å². The predicted octanol–water partition coefficient (Wildman–Crippen LogP) is 0.839. The van der Waals surface area contributed by atoms with E-state index in [4.69, 9.17) is 10.5 Å². The summed E-state index contributed by atoms with van der Waals surface area (Å²) >= 11 is 2.60. The molecule has 3 aliphatic rings. The molecule has 0 radical (unpaired) electrons. The van der Waals surface area contributed by atoms with Crippen LogP contribution in [0.2, 0.25) is 0 Å². The summed E-state index contributed by atoms with van der Waals surface area (Å²) in [6, 6.07) is -0.587. The number of primary amides is 1. The van der Waals surface area contributed by atoms with Crippen LogP contribution in [0.3, 0.4) is 0 Å². The molecule has 5 N–H and O–H groups in total. The van der Waals surface area contributed by atoms with Crippen molar-refractivity contribution in [2.75, 3.05) is 13.2 Å². The molecule has 1 aromatic heterocycles. The topological polar surface area (TPSA) is 155 Å². The number of aliphatic hydroxyl groups is 1. The molecule has 4 rings (SSSR count). The van der Waals surface area contributed by atoms with Crippen molar-refractivity contribution in [1.29, 1.82) is 0 Å². The van der Waals surface area contributed by atoms with Gasteiger partial charge in [0.05, 0.1) is 29.8 Å². The zero-order valence-electron chi connectivity index (χ0n) is 16.8. The minimum atomic E-state index is -1.17. The number of carbonyl (C=O) groups excluding carboxylic acids is 2. The van der Waals surface area contributed by atoms with E-state index in [0.717, 1.165) is 5.57 Å². The number of thioether (sulfide) groups is 1. The molecule has 0 aliphatic carbocycles. The molecule has 0 spiro atoms. The number of nitrogens with zero attached hydrogens (tertiary/aromatic N) is 2. The highest BCUT2D eigenvalue weighted by Crippen LogP contribution is 2.52. The molecule has 0 bridgehead atoms. The number of rotatable bonds is 7. The Morgan fingerprint density at radius 3 is 2.90 bits per heavy atom. The predicted molar refractivity (Wildman–Crippen MR) is 113 cm³/mol. The van der Waals surface area contributed by atoms with E-state index in [1.165, 1.54) is 28.0 Å². The number of hydrogen-bond acceptors (Lipinski definition) is 9. The largest absolute Gasteiger partial charge is 0.477 e. The summed E-state index contributed by atoms with van der Waals surface area (Å²) in [5.74, 6) is -2.36. The second kappa shape index (κ2) is 8.26. The zero-order chi connectivity index (χ0) is 22.4. The Kier molecular flexibility index (Phi) is 5.81. The summed E-state index contributed by atoms with van der Waals surface area (Å²) in [4.78, 5) is 41.8. The Morgan fingerprint density at radius 2 is 2.26 bits per heavy atom. The van der Waals surface area contributed by atoms with Gasteiger partial charge in [-0.3, -0.25) is 4.79 Å². The Morgan fingerprint density at radius 1 is 1.52 bits per heavy atom. The van der Waals surface area contributed by atoms with Gasteiger partial charge in [-0.2, -0.15) is 0 Å². The third-order valence-electron chi connectivity index (χ3n) is 5.74. The number of thiazole rings is 1. The van der Waals surface area contributed by atoms with Crippen LogP contribution in [0.15, 0.2) is 26.4 Å². The number of aromatic nitrogens is 1.